The first-order valence-electron chi connectivity index (χ1n) is 22.5. The maximum Gasteiger partial charge on any atom is 0.151 e. The summed E-state index contributed by atoms with van der Waals surface area (Å²) < 4.78 is 24.8. The van der Waals surface area contributed by atoms with Gasteiger partial charge in [-0.3, -0.25) is 9.55 Å². The molecule has 340 valence electrons. The molecule has 3 heterocycles. The molecular formula is C58H63FN3O2Pt-. The molecule has 8 rings (SSSR count). The predicted octanol–water partition coefficient (Wildman–Crippen LogP) is 15.9. The van der Waals surface area contributed by atoms with Gasteiger partial charge in [0.1, 0.15) is 22.9 Å². The van der Waals surface area contributed by atoms with Gasteiger partial charge in [-0.2, -0.15) is 0 Å². The molecule has 65 heavy (non-hydrogen) atoms. The molecule has 7 heteroatoms. The number of nitrogens with zero attached hydrogens (tertiary/aromatic N) is 3. The number of rotatable bonds is 5. The van der Waals surface area contributed by atoms with E-state index in [2.05, 4.69) is 193 Å². The van der Waals surface area contributed by atoms with Crippen LogP contribution >= 0.6 is 0 Å². The van der Waals surface area contributed by atoms with Gasteiger partial charge in [0.05, 0.1) is 33.9 Å². The Hall–Kier alpha value is -5.32. The first-order valence-corrected chi connectivity index (χ1v) is 22.5. The van der Waals surface area contributed by atoms with Crippen molar-refractivity contribution in [1.29, 1.82) is 0 Å². The van der Waals surface area contributed by atoms with Gasteiger partial charge < -0.3 is 9.52 Å². The van der Waals surface area contributed by atoms with Crippen molar-refractivity contribution in [2.75, 3.05) is 0 Å². The second kappa shape index (κ2) is 16.5. The van der Waals surface area contributed by atoms with E-state index in [1.54, 1.807) is 0 Å². The normalized spacial score (nSPS) is 12.6. The second-order valence-electron chi connectivity index (χ2n) is 22.1. The second-order valence-corrected chi connectivity index (χ2v) is 22.1. The van der Waals surface area contributed by atoms with Gasteiger partial charge >= 0.3 is 0 Å². The van der Waals surface area contributed by atoms with Gasteiger partial charge in [0, 0.05) is 43.4 Å². The minimum absolute atomic E-state index is 0. The summed E-state index contributed by atoms with van der Waals surface area (Å²) in [5.74, 6) is 1.08. The van der Waals surface area contributed by atoms with Crippen LogP contribution in [0.3, 0.4) is 0 Å². The van der Waals surface area contributed by atoms with E-state index < -0.39 is 5.82 Å². The summed E-state index contributed by atoms with van der Waals surface area (Å²) >= 11 is 0. The number of para-hydroxylation sites is 1. The molecule has 0 radical (unpaired) electrons. The van der Waals surface area contributed by atoms with Crippen LogP contribution in [-0.2, 0) is 42.7 Å². The molecule has 0 bridgehead atoms. The standard InChI is InChI=1S/C58H63FN3O2.Pt/c1-32-24-33(2)50(34(3)25-32)62-46-19-17-18-42(49(46)61-54(62)43-29-41(57(11,12)13)30-44(51(43)63)58(14,15)16)37-26-38(28-40(27-37)56(8,9)10)48-53-47(45(59)31-60-48)35(4)52(64-53)36-20-22-39(23-21-36)55(5,6)7;/h17-25,27-31,63H,1-16H3;/q-1;. The van der Waals surface area contributed by atoms with Crippen molar-refractivity contribution in [3.8, 4) is 56.5 Å². The minimum atomic E-state index is -0.428. The third-order valence-electron chi connectivity index (χ3n) is 12.8. The number of fused-ring (bicyclic) bond motifs is 2. The van der Waals surface area contributed by atoms with Gasteiger partial charge in [-0.15, -0.1) is 29.3 Å². The van der Waals surface area contributed by atoms with E-state index in [0.29, 0.717) is 39.4 Å². The Morgan fingerprint density at radius 1 is 0.662 bits per heavy atom. The molecule has 0 spiro atoms. The number of aromatic hydroxyl groups is 1. The van der Waals surface area contributed by atoms with Crippen LogP contribution < -0.4 is 0 Å². The maximum absolute atomic E-state index is 15.9. The van der Waals surface area contributed by atoms with Gasteiger partial charge in [0.2, 0.25) is 0 Å². The average molecular weight is 1050 g/mol. The maximum atomic E-state index is 15.9. The SMILES string of the molecule is Cc1cc(C)c(-n2c(-c3cc(C(C)(C)C)cc(C(C)(C)C)c3O)nc3c(-c4[c-]c(-c5ncc(F)c6c(C)c(-c7ccc(C(C)(C)C)cc7)oc56)cc(C(C)(C)C)c4)cccc32)c(C)c1.[Pt]. The molecule has 0 amide bonds. The zero-order chi connectivity index (χ0) is 46.6. The molecule has 5 aromatic carbocycles. The Labute approximate surface area is 399 Å². The quantitative estimate of drug-likeness (QED) is 0.175. The van der Waals surface area contributed by atoms with Crippen LogP contribution in [0.4, 0.5) is 4.39 Å². The fourth-order valence-corrected chi connectivity index (χ4v) is 9.14. The number of aryl methyl sites for hydroxylation is 4. The van der Waals surface area contributed by atoms with Crippen LogP contribution in [-0.4, -0.2) is 19.6 Å². The van der Waals surface area contributed by atoms with Crippen molar-refractivity contribution in [3.05, 3.63) is 141 Å². The average Bonchev–Trinajstić information content (AvgIpc) is 3.74. The van der Waals surface area contributed by atoms with Gasteiger partial charge in [0.25, 0.3) is 0 Å². The Morgan fingerprint density at radius 2 is 1.25 bits per heavy atom. The number of furan rings is 1. The van der Waals surface area contributed by atoms with Crippen LogP contribution in [0.15, 0.2) is 89.5 Å². The minimum Gasteiger partial charge on any atom is -0.507 e. The summed E-state index contributed by atoms with van der Waals surface area (Å²) in [6, 6.07) is 31.3. The zero-order valence-electron chi connectivity index (χ0n) is 41.0. The molecule has 0 unspecified atom stereocenters. The first-order chi connectivity index (χ1) is 29.7. The summed E-state index contributed by atoms with van der Waals surface area (Å²) in [4.78, 5) is 10.3. The van der Waals surface area contributed by atoms with E-state index in [0.717, 1.165) is 66.8 Å². The fourth-order valence-electron chi connectivity index (χ4n) is 9.14. The fraction of sp³-hybridized carbons (Fsp3) is 0.345. The van der Waals surface area contributed by atoms with Gasteiger partial charge in [-0.1, -0.05) is 154 Å². The summed E-state index contributed by atoms with van der Waals surface area (Å²) in [5, 5.41) is 12.8. The van der Waals surface area contributed by atoms with Gasteiger partial charge in [-0.25, -0.2) is 9.37 Å². The van der Waals surface area contributed by atoms with Crippen LogP contribution in [0, 0.1) is 39.6 Å². The van der Waals surface area contributed by atoms with E-state index in [9.17, 15) is 5.11 Å². The third-order valence-corrected chi connectivity index (χ3v) is 12.8. The molecule has 0 aliphatic rings. The van der Waals surface area contributed by atoms with E-state index in [1.165, 1.54) is 17.3 Å². The van der Waals surface area contributed by atoms with Crippen molar-refractivity contribution in [2.45, 2.75) is 132 Å². The Kier molecular flexibility index (Phi) is 12.1. The van der Waals surface area contributed by atoms with E-state index in [-0.39, 0.29) is 48.5 Å². The van der Waals surface area contributed by atoms with Crippen molar-refractivity contribution in [2.24, 2.45) is 0 Å². The molecule has 0 atom stereocenters. The molecule has 0 aliphatic heterocycles. The number of halogens is 1. The van der Waals surface area contributed by atoms with Crippen LogP contribution in [0.2, 0.25) is 0 Å². The summed E-state index contributed by atoms with van der Waals surface area (Å²) in [5.41, 5.74) is 15.2. The van der Waals surface area contributed by atoms with Crippen LogP contribution in [0.1, 0.15) is 128 Å². The number of hydrogen-bond donors (Lipinski definition) is 1. The molecular weight excluding hydrogens is 985 g/mol. The predicted molar refractivity (Wildman–Crippen MR) is 265 cm³/mol. The summed E-state index contributed by atoms with van der Waals surface area (Å²) in [7, 11) is 0. The number of hydrogen-bond acceptors (Lipinski definition) is 4. The van der Waals surface area contributed by atoms with Gasteiger partial charge in [0.15, 0.2) is 5.82 Å². The van der Waals surface area contributed by atoms with Crippen LogP contribution in [0.25, 0.3) is 72.8 Å². The topological polar surface area (TPSA) is 64.1 Å². The third kappa shape index (κ3) is 8.64. The van der Waals surface area contributed by atoms with E-state index >= 15 is 4.39 Å². The molecule has 0 fully saturated rings. The van der Waals surface area contributed by atoms with E-state index in [4.69, 9.17) is 14.4 Å². The van der Waals surface area contributed by atoms with Gasteiger partial charge in [-0.05, 0) is 83.7 Å². The Balaban J connectivity index is 0.00000630. The molecule has 3 aromatic heterocycles. The molecule has 8 aromatic rings. The number of benzene rings is 5. The molecule has 0 saturated heterocycles. The Bertz CT molecular complexity index is 3120. The molecule has 1 N–H and O–H groups in total. The van der Waals surface area contributed by atoms with Crippen molar-refractivity contribution < 1.29 is 35.0 Å². The monoisotopic (exact) mass is 1050 g/mol. The van der Waals surface area contributed by atoms with Crippen molar-refractivity contribution >= 4 is 22.0 Å². The summed E-state index contributed by atoms with van der Waals surface area (Å²) in [6.45, 7) is 34.5. The smallest absolute Gasteiger partial charge is 0.151 e. The molecule has 5 nitrogen and oxygen atoms in total. The van der Waals surface area contributed by atoms with Crippen LogP contribution in [0.5, 0.6) is 5.75 Å². The molecule has 0 saturated carbocycles. The van der Waals surface area contributed by atoms with Crippen molar-refractivity contribution in [1.82, 2.24) is 14.5 Å². The number of imidazole rings is 1. The zero-order valence-corrected chi connectivity index (χ0v) is 43.2. The number of phenolic OH excluding ortho intramolecular Hbond substituents is 1. The Morgan fingerprint density at radius 3 is 1.83 bits per heavy atom. The molecule has 0 aliphatic carbocycles. The summed E-state index contributed by atoms with van der Waals surface area (Å²) in [6.07, 6.45) is 1.30. The van der Waals surface area contributed by atoms with Crippen molar-refractivity contribution in [3.63, 3.8) is 0 Å². The first kappa shape index (κ1) is 47.6. The number of phenols is 1. The van der Waals surface area contributed by atoms with E-state index in [1.807, 2.05) is 6.92 Å². The number of pyridine rings is 1. The number of aromatic nitrogens is 3. The largest absolute Gasteiger partial charge is 0.507 e.